The molecule has 0 bridgehead atoms. The molecule has 106 valence electrons. The van der Waals surface area contributed by atoms with E-state index < -0.39 is 6.10 Å². The molecule has 4 heteroatoms. The highest BCUT2D eigenvalue weighted by molar-refractivity contribution is 5.20. The van der Waals surface area contributed by atoms with Crippen LogP contribution < -0.4 is 0 Å². The van der Waals surface area contributed by atoms with Crippen molar-refractivity contribution in [2.24, 2.45) is 5.92 Å². The number of hydrogen-bond donors (Lipinski definition) is 1. The first-order valence-corrected chi connectivity index (χ1v) is 7.06. The first kappa shape index (κ1) is 14.4. The average Bonchev–Trinajstić information content (AvgIpc) is 2.39. The van der Waals surface area contributed by atoms with E-state index in [9.17, 15) is 5.11 Å². The summed E-state index contributed by atoms with van der Waals surface area (Å²) >= 11 is 0. The Morgan fingerprint density at radius 3 is 2.53 bits per heavy atom. The van der Waals surface area contributed by atoms with Crippen LogP contribution in [-0.4, -0.2) is 22.2 Å². The summed E-state index contributed by atoms with van der Waals surface area (Å²) in [6, 6.07) is 0. The lowest BCUT2D eigenvalue weighted by Crippen LogP contribution is -2.35. The van der Waals surface area contributed by atoms with Crippen LogP contribution in [0.5, 0.6) is 0 Å². The number of aliphatic hydroxyl groups excluding tert-OH is 1. The van der Waals surface area contributed by atoms with Gasteiger partial charge in [-0.05, 0) is 45.4 Å². The third kappa shape index (κ3) is 2.79. The van der Waals surface area contributed by atoms with Gasteiger partial charge in [0.15, 0.2) is 5.82 Å². The average molecular weight is 264 g/mol. The summed E-state index contributed by atoms with van der Waals surface area (Å²) in [6.45, 7) is 5.93. The van der Waals surface area contributed by atoms with E-state index in [1.165, 1.54) is 0 Å². The molecule has 1 aliphatic carbocycles. The molecule has 0 aliphatic heterocycles. The molecule has 1 aromatic heterocycles. The van der Waals surface area contributed by atoms with Gasteiger partial charge in [0.1, 0.15) is 5.60 Å². The zero-order chi connectivity index (χ0) is 14.0. The van der Waals surface area contributed by atoms with Crippen molar-refractivity contribution in [1.82, 2.24) is 9.97 Å². The van der Waals surface area contributed by atoms with E-state index in [2.05, 4.69) is 16.9 Å². The minimum Gasteiger partial charge on any atom is -0.389 e. The number of ether oxygens (including phenoxy) is 1. The lowest BCUT2D eigenvalue weighted by Gasteiger charge is -2.37. The molecular formula is C15H24N2O2. The normalized spacial score (nSPS) is 29.2. The van der Waals surface area contributed by atoms with Crippen molar-refractivity contribution < 1.29 is 9.84 Å². The highest BCUT2D eigenvalue weighted by atomic mass is 16.5. The van der Waals surface area contributed by atoms with E-state index in [4.69, 9.17) is 4.74 Å². The Morgan fingerprint density at radius 2 is 2.05 bits per heavy atom. The number of methoxy groups -OCH3 is 1. The maximum Gasteiger partial charge on any atom is 0.160 e. The third-order valence-electron chi connectivity index (χ3n) is 4.35. The first-order chi connectivity index (χ1) is 8.98. The molecule has 1 aromatic rings. The molecule has 1 saturated carbocycles. The second-order valence-electron chi connectivity index (χ2n) is 5.79. The van der Waals surface area contributed by atoms with Crippen molar-refractivity contribution in [3.63, 3.8) is 0 Å². The molecule has 1 unspecified atom stereocenters. The molecular weight excluding hydrogens is 240 g/mol. The number of nitrogens with zero attached hydrogens (tertiary/aromatic N) is 2. The Bertz CT molecular complexity index is 438. The SMILES string of the molecule is COC1(c2ncc(C(C)O)c(C)n2)CCC(C)CC1. The van der Waals surface area contributed by atoms with Gasteiger partial charge < -0.3 is 9.84 Å². The van der Waals surface area contributed by atoms with Crippen LogP contribution >= 0.6 is 0 Å². The molecule has 0 saturated heterocycles. The van der Waals surface area contributed by atoms with Gasteiger partial charge in [0.05, 0.1) is 6.10 Å². The van der Waals surface area contributed by atoms with Gasteiger partial charge in [-0.25, -0.2) is 9.97 Å². The minimum absolute atomic E-state index is 0.339. The summed E-state index contributed by atoms with van der Waals surface area (Å²) in [7, 11) is 1.75. The molecule has 19 heavy (non-hydrogen) atoms. The van der Waals surface area contributed by atoms with Crippen molar-refractivity contribution in [3.05, 3.63) is 23.3 Å². The van der Waals surface area contributed by atoms with Crippen LogP contribution in [0.4, 0.5) is 0 Å². The lowest BCUT2D eigenvalue weighted by molar-refractivity contribution is -0.0599. The zero-order valence-corrected chi connectivity index (χ0v) is 12.3. The monoisotopic (exact) mass is 264 g/mol. The summed E-state index contributed by atoms with van der Waals surface area (Å²) in [5, 5.41) is 9.65. The van der Waals surface area contributed by atoms with Crippen LogP contribution in [-0.2, 0) is 10.3 Å². The number of rotatable bonds is 3. The van der Waals surface area contributed by atoms with Gasteiger partial charge in [0.2, 0.25) is 0 Å². The molecule has 0 spiro atoms. The molecule has 1 fully saturated rings. The van der Waals surface area contributed by atoms with Gasteiger partial charge in [-0.1, -0.05) is 6.92 Å². The highest BCUT2D eigenvalue weighted by Crippen LogP contribution is 2.40. The molecule has 4 nitrogen and oxygen atoms in total. The number of hydrogen-bond acceptors (Lipinski definition) is 4. The van der Waals surface area contributed by atoms with Gasteiger partial charge in [-0.15, -0.1) is 0 Å². The van der Waals surface area contributed by atoms with Crippen molar-refractivity contribution in [2.45, 2.75) is 58.2 Å². The Balaban J connectivity index is 2.31. The minimum atomic E-state index is -0.529. The fourth-order valence-corrected chi connectivity index (χ4v) is 2.85. The lowest BCUT2D eigenvalue weighted by atomic mass is 9.79. The molecule has 0 aromatic carbocycles. The Hall–Kier alpha value is -1.00. The number of aryl methyl sites for hydroxylation is 1. The van der Waals surface area contributed by atoms with Crippen molar-refractivity contribution >= 4 is 0 Å². The summed E-state index contributed by atoms with van der Waals surface area (Å²) in [5.74, 6) is 1.52. The maximum atomic E-state index is 9.65. The summed E-state index contributed by atoms with van der Waals surface area (Å²) in [5.41, 5.74) is 1.29. The van der Waals surface area contributed by atoms with E-state index >= 15 is 0 Å². The molecule has 0 radical (unpaired) electrons. The number of aromatic nitrogens is 2. The van der Waals surface area contributed by atoms with Crippen molar-refractivity contribution in [3.8, 4) is 0 Å². The summed E-state index contributed by atoms with van der Waals surface area (Å²) < 4.78 is 5.78. The number of aliphatic hydroxyl groups is 1. The molecule has 2 rings (SSSR count). The van der Waals surface area contributed by atoms with Gasteiger partial charge in [0.25, 0.3) is 0 Å². The van der Waals surface area contributed by atoms with Crippen LogP contribution in [0.1, 0.15) is 62.7 Å². The third-order valence-corrected chi connectivity index (χ3v) is 4.35. The predicted molar refractivity (Wildman–Crippen MR) is 73.7 cm³/mol. The van der Waals surface area contributed by atoms with E-state index in [0.29, 0.717) is 0 Å². The quantitative estimate of drug-likeness (QED) is 0.912. The summed E-state index contributed by atoms with van der Waals surface area (Å²) in [4.78, 5) is 9.05. The van der Waals surface area contributed by atoms with Crippen LogP contribution in [0.2, 0.25) is 0 Å². The fraction of sp³-hybridized carbons (Fsp3) is 0.733. The maximum absolute atomic E-state index is 9.65. The molecule has 1 aliphatic rings. The van der Waals surface area contributed by atoms with Crippen LogP contribution in [0.25, 0.3) is 0 Å². The van der Waals surface area contributed by atoms with E-state index in [1.807, 2.05) is 6.92 Å². The first-order valence-electron chi connectivity index (χ1n) is 7.06. The molecule has 1 atom stereocenters. The van der Waals surface area contributed by atoms with E-state index in [0.717, 1.165) is 48.7 Å². The molecule has 1 N–H and O–H groups in total. The second kappa shape index (κ2) is 5.55. The zero-order valence-electron chi connectivity index (χ0n) is 12.3. The second-order valence-corrected chi connectivity index (χ2v) is 5.79. The Morgan fingerprint density at radius 1 is 1.42 bits per heavy atom. The topological polar surface area (TPSA) is 55.2 Å². The Labute approximate surface area is 115 Å². The highest BCUT2D eigenvalue weighted by Gasteiger charge is 2.38. The smallest absolute Gasteiger partial charge is 0.160 e. The van der Waals surface area contributed by atoms with Gasteiger partial charge >= 0.3 is 0 Å². The fourth-order valence-electron chi connectivity index (χ4n) is 2.85. The van der Waals surface area contributed by atoms with E-state index in [1.54, 1.807) is 20.2 Å². The Kier molecular flexibility index (Phi) is 4.21. The van der Waals surface area contributed by atoms with Crippen molar-refractivity contribution in [2.75, 3.05) is 7.11 Å². The van der Waals surface area contributed by atoms with Gasteiger partial charge in [-0.3, -0.25) is 0 Å². The largest absolute Gasteiger partial charge is 0.389 e. The standard InChI is InChI=1S/C15H24N2O2/c1-10-5-7-15(19-4,8-6-10)14-16-9-13(12(3)18)11(2)17-14/h9-10,12,18H,5-8H2,1-4H3. The van der Waals surface area contributed by atoms with Crippen LogP contribution in [0.15, 0.2) is 6.20 Å². The van der Waals surface area contributed by atoms with Crippen molar-refractivity contribution in [1.29, 1.82) is 0 Å². The van der Waals surface area contributed by atoms with E-state index in [-0.39, 0.29) is 5.60 Å². The predicted octanol–water partition coefficient (Wildman–Crippen LogP) is 2.89. The summed E-state index contributed by atoms with van der Waals surface area (Å²) in [6.07, 6.45) is 5.44. The van der Waals surface area contributed by atoms with Gasteiger partial charge in [-0.2, -0.15) is 0 Å². The van der Waals surface area contributed by atoms with Crippen LogP contribution in [0, 0.1) is 12.8 Å². The van der Waals surface area contributed by atoms with Crippen LogP contribution in [0.3, 0.4) is 0 Å². The van der Waals surface area contributed by atoms with Gasteiger partial charge in [0, 0.05) is 24.6 Å². The molecule has 0 amide bonds. The molecule has 1 heterocycles.